The highest BCUT2D eigenvalue weighted by Gasteiger charge is 2.11. The van der Waals surface area contributed by atoms with Crippen molar-refractivity contribution in [1.82, 2.24) is 4.98 Å². The maximum atomic E-state index is 11.4. The Hall–Kier alpha value is -2.94. The van der Waals surface area contributed by atoms with Crippen molar-refractivity contribution in [3.63, 3.8) is 0 Å². The van der Waals surface area contributed by atoms with Crippen molar-refractivity contribution in [3.8, 4) is 22.5 Å². The van der Waals surface area contributed by atoms with Crippen LogP contribution in [0.15, 0.2) is 66.7 Å². The van der Waals surface area contributed by atoms with Crippen molar-refractivity contribution in [2.75, 3.05) is 0 Å². The molecule has 2 aromatic carbocycles. The maximum absolute atomic E-state index is 11.4. The largest absolute Gasteiger partial charge is 0.478 e. The van der Waals surface area contributed by atoms with Gasteiger partial charge in [0.2, 0.25) is 0 Å². The van der Waals surface area contributed by atoms with E-state index in [1.807, 2.05) is 61.5 Å². The number of nitrogens with zero attached hydrogens (tertiary/aromatic N) is 1. The van der Waals surface area contributed by atoms with Crippen molar-refractivity contribution < 1.29 is 9.90 Å². The summed E-state index contributed by atoms with van der Waals surface area (Å²) in [5.41, 5.74) is 4.53. The van der Waals surface area contributed by atoms with Crippen LogP contribution in [0.4, 0.5) is 0 Å². The molecule has 0 fully saturated rings. The molecule has 3 rings (SSSR count). The molecule has 0 atom stereocenters. The molecule has 0 radical (unpaired) electrons. The first-order chi connectivity index (χ1) is 10.6. The van der Waals surface area contributed by atoms with Gasteiger partial charge in [-0.05, 0) is 19.1 Å². The summed E-state index contributed by atoms with van der Waals surface area (Å²) in [7, 11) is 0. The van der Waals surface area contributed by atoms with E-state index in [0.717, 1.165) is 16.7 Å². The van der Waals surface area contributed by atoms with Gasteiger partial charge in [-0.1, -0.05) is 60.2 Å². The number of aromatic carboxylic acids is 1. The fraction of sp³-hybridized carbons (Fsp3) is 0.0526. The first kappa shape index (κ1) is 14.0. The van der Waals surface area contributed by atoms with Gasteiger partial charge in [-0.3, -0.25) is 0 Å². The number of aryl methyl sites for hydroxylation is 1. The van der Waals surface area contributed by atoms with Gasteiger partial charge in [0, 0.05) is 11.1 Å². The van der Waals surface area contributed by atoms with Gasteiger partial charge in [-0.25, -0.2) is 9.78 Å². The molecule has 3 aromatic rings. The Morgan fingerprint density at radius 3 is 1.95 bits per heavy atom. The maximum Gasteiger partial charge on any atom is 0.335 e. The van der Waals surface area contributed by atoms with Crippen molar-refractivity contribution in [2.24, 2.45) is 0 Å². The second-order valence-corrected chi connectivity index (χ2v) is 5.16. The Kier molecular flexibility index (Phi) is 3.71. The van der Waals surface area contributed by atoms with E-state index in [1.54, 1.807) is 12.1 Å². The SMILES string of the molecule is Cc1ccc(-c2cc(C(=O)O)cc(-c3ccccc3)n2)cc1. The zero-order valence-corrected chi connectivity index (χ0v) is 12.2. The Labute approximate surface area is 128 Å². The monoisotopic (exact) mass is 289 g/mol. The third-order valence-corrected chi connectivity index (χ3v) is 3.49. The summed E-state index contributed by atoms with van der Waals surface area (Å²) in [4.78, 5) is 16.0. The molecule has 0 aliphatic heterocycles. The van der Waals surface area contributed by atoms with Crippen molar-refractivity contribution >= 4 is 5.97 Å². The Morgan fingerprint density at radius 1 is 0.864 bits per heavy atom. The molecule has 22 heavy (non-hydrogen) atoms. The highest BCUT2D eigenvalue weighted by atomic mass is 16.4. The normalized spacial score (nSPS) is 10.4. The van der Waals surface area contributed by atoms with Crippen LogP contribution in [0.25, 0.3) is 22.5 Å². The van der Waals surface area contributed by atoms with Gasteiger partial charge in [0.05, 0.1) is 17.0 Å². The lowest BCUT2D eigenvalue weighted by atomic mass is 10.0. The van der Waals surface area contributed by atoms with E-state index in [0.29, 0.717) is 11.4 Å². The average molecular weight is 289 g/mol. The zero-order valence-electron chi connectivity index (χ0n) is 12.2. The minimum Gasteiger partial charge on any atom is -0.478 e. The second kappa shape index (κ2) is 5.82. The van der Waals surface area contributed by atoms with Gasteiger partial charge >= 0.3 is 5.97 Å². The highest BCUT2D eigenvalue weighted by molar-refractivity contribution is 5.90. The number of carboxylic acid groups (broad SMARTS) is 1. The molecule has 0 unspecified atom stereocenters. The van der Waals surface area contributed by atoms with Crippen LogP contribution in [0, 0.1) is 6.92 Å². The van der Waals surface area contributed by atoms with Gasteiger partial charge in [-0.2, -0.15) is 0 Å². The first-order valence-electron chi connectivity index (χ1n) is 7.01. The van der Waals surface area contributed by atoms with Gasteiger partial charge < -0.3 is 5.11 Å². The topological polar surface area (TPSA) is 50.2 Å². The van der Waals surface area contributed by atoms with Crippen molar-refractivity contribution in [1.29, 1.82) is 0 Å². The molecule has 0 aliphatic rings. The van der Waals surface area contributed by atoms with Crippen LogP contribution < -0.4 is 0 Å². The van der Waals surface area contributed by atoms with E-state index in [9.17, 15) is 9.90 Å². The van der Waals surface area contributed by atoms with Crippen LogP contribution in [0.1, 0.15) is 15.9 Å². The summed E-state index contributed by atoms with van der Waals surface area (Å²) >= 11 is 0. The van der Waals surface area contributed by atoms with E-state index in [1.165, 1.54) is 0 Å². The lowest BCUT2D eigenvalue weighted by molar-refractivity contribution is 0.0697. The van der Waals surface area contributed by atoms with Crippen LogP contribution in [0.2, 0.25) is 0 Å². The minimum atomic E-state index is -0.951. The number of hydrogen-bond acceptors (Lipinski definition) is 2. The second-order valence-electron chi connectivity index (χ2n) is 5.16. The lowest BCUT2D eigenvalue weighted by Gasteiger charge is -2.08. The molecule has 0 bridgehead atoms. The zero-order chi connectivity index (χ0) is 15.5. The van der Waals surface area contributed by atoms with Crippen molar-refractivity contribution in [2.45, 2.75) is 6.92 Å². The first-order valence-corrected chi connectivity index (χ1v) is 7.01. The molecular weight excluding hydrogens is 274 g/mol. The average Bonchev–Trinajstić information content (AvgIpc) is 2.56. The van der Waals surface area contributed by atoms with E-state index < -0.39 is 5.97 Å². The standard InChI is InChI=1S/C19H15NO2/c1-13-7-9-15(10-8-13)18-12-16(19(21)22)11-17(20-18)14-5-3-2-4-6-14/h2-12H,1H3,(H,21,22). The molecule has 3 heteroatoms. The fourth-order valence-corrected chi connectivity index (χ4v) is 2.28. The highest BCUT2D eigenvalue weighted by Crippen LogP contribution is 2.25. The van der Waals surface area contributed by atoms with Crippen molar-refractivity contribution in [3.05, 3.63) is 77.9 Å². The predicted octanol–water partition coefficient (Wildman–Crippen LogP) is 4.42. The van der Waals surface area contributed by atoms with E-state index in [4.69, 9.17) is 0 Å². The summed E-state index contributed by atoms with van der Waals surface area (Å²) < 4.78 is 0. The van der Waals surface area contributed by atoms with Gasteiger partial charge in [0.15, 0.2) is 0 Å². The molecule has 1 aromatic heterocycles. The number of carboxylic acids is 1. The number of benzene rings is 2. The summed E-state index contributed by atoms with van der Waals surface area (Å²) in [6.07, 6.45) is 0. The molecule has 1 heterocycles. The van der Waals surface area contributed by atoms with Crippen LogP contribution in [-0.4, -0.2) is 16.1 Å². The molecule has 0 saturated heterocycles. The predicted molar refractivity (Wildman–Crippen MR) is 86.8 cm³/mol. The van der Waals surface area contributed by atoms with Gasteiger partial charge in [0.1, 0.15) is 0 Å². The molecular formula is C19H15NO2. The molecule has 0 spiro atoms. The van der Waals surface area contributed by atoms with E-state index >= 15 is 0 Å². The van der Waals surface area contributed by atoms with Crippen LogP contribution in [-0.2, 0) is 0 Å². The van der Waals surface area contributed by atoms with Gasteiger partial charge in [0.25, 0.3) is 0 Å². The van der Waals surface area contributed by atoms with Crippen LogP contribution in [0.3, 0.4) is 0 Å². The number of hydrogen-bond donors (Lipinski definition) is 1. The number of rotatable bonds is 3. The molecule has 108 valence electrons. The number of pyridine rings is 1. The lowest BCUT2D eigenvalue weighted by Crippen LogP contribution is -1.99. The summed E-state index contributed by atoms with van der Waals surface area (Å²) in [5, 5.41) is 9.34. The Bertz CT molecular complexity index is 809. The summed E-state index contributed by atoms with van der Waals surface area (Å²) in [5.74, 6) is -0.951. The summed E-state index contributed by atoms with van der Waals surface area (Å²) in [6, 6.07) is 20.7. The Morgan fingerprint density at radius 2 is 1.41 bits per heavy atom. The third kappa shape index (κ3) is 2.88. The van der Waals surface area contributed by atoms with Crippen LogP contribution in [0.5, 0.6) is 0 Å². The molecule has 0 saturated carbocycles. The van der Waals surface area contributed by atoms with E-state index in [-0.39, 0.29) is 5.56 Å². The smallest absolute Gasteiger partial charge is 0.335 e. The fourth-order valence-electron chi connectivity index (χ4n) is 2.28. The molecule has 0 aliphatic carbocycles. The molecule has 1 N–H and O–H groups in total. The molecule has 0 amide bonds. The minimum absolute atomic E-state index is 0.240. The van der Waals surface area contributed by atoms with Gasteiger partial charge in [-0.15, -0.1) is 0 Å². The quantitative estimate of drug-likeness (QED) is 0.776. The van der Waals surface area contributed by atoms with Crippen LogP contribution >= 0.6 is 0 Å². The molecule has 3 nitrogen and oxygen atoms in total. The van der Waals surface area contributed by atoms with E-state index in [2.05, 4.69) is 4.98 Å². The third-order valence-electron chi connectivity index (χ3n) is 3.49. The number of aromatic nitrogens is 1. The number of carbonyl (C=O) groups is 1. The Balaban J connectivity index is 2.16. The summed E-state index contributed by atoms with van der Waals surface area (Å²) in [6.45, 7) is 2.01.